The van der Waals surface area contributed by atoms with Crippen molar-refractivity contribution in [3.8, 4) is 0 Å². The van der Waals surface area contributed by atoms with Gasteiger partial charge >= 0.3 is 5.97 Å². The molecule has 0 fully saturated rings. The van der Waals surface area contributed by atoms with Gasteiger partial charge in [0.15, 0.2) is 0 Å². The van der Waals surface area contributed by atoms with Gasteiger partial charge in [-0.15, -0.1) is 11.3 Å². The van der Waals surface area contributed by atoms with E-state index < -0.39 is 6.04 Å². The summed E-state index contributed by atoms with van der Waals surface area (Å²) < 4.78 is 4.55. The van der Waals surface area contributed by atoms with E-state index in [1.165, 1.54) is 7.11 Å². The number of ether oxygens (including phenoxy) is 1. The van der Waals surface area contributed by atoms with Crippen molar-refractivity contribution < 1.29 is 9.53 Å². The number of thioether (sulfide) groups is 1. The quantitative estimate of drug-likeness (QED) is 0.621. The molecule has 1 rings (SSSR count). The minimum absolute atomic E-state index is 0.342. The highest BCUT2D eigenvalue weighted by Gasteiger charge is 2.12. The number of nitrogens with zero attached hydrogens (tertiary/aromatic N) is 1. The maximum atomic E-state index is 11.0. The molecule has 0 spiro atoms. The fourth-order valence-electron chi connectivity index (χ4n) is 1.11. The lowest BCUT2D eigenvalue weighted by Gasteiger charge is -2.07. The Morgan fingerprint density at radius 2 is 2.50 bits per heavy atom. The Labute approximate surface area is 104 Å². The standard InChI is InChI=1S/C10H16N2O2S2/c1-7-5-16-9(12-7)6-15-4-3-8(11)10(13)14-2/h5,8H,3-4,6,11H2,1-2H3. The zero-order chi connectivity index (χ0) is 12.0. The number of methoxy groups -OCH3 is 1. The molecule has 16 heavy (non-hydrogen) atoms. The average Bonchev–Trinajstić information content (AvgIpc) is 2.69. The number of aromatic nitrogens is 1. The first-order valence-corrected chi connectivity index (χ1v) is 6.99. The number of hydrogen-bond acceptors (Lipinski definition) is 6. The van der Waals surface area contributed by atoms with E-state index in [0.29, 0.717) is 6.42 Å². The van der Waals surface area contributed by atoms with Crippen molar-refractivity contribution in [2.75, 3.05) is 12.9 Å². The van der Waals surface area contributed by atoms with E-state index in [1.54, 1.807) is 23.1 Å². The van der Waals surface area contributed by atoms with Gasteiger partial charge in [-0.05, 0) is 19.1 Å². The zero-order valence-corrected chi connectivity index (χ0v) is 11.1. The first-order chi connectivity index (χ1) is 7.63. The smallest absolute Gasteiger partial charge is 0.322 e. The van der Waals surface area contributed by atoms with Crippen LogP contribution in [0.1, 0.15) is 17.1 Å². The molecule has 0 bridgehead atoms. The van der Waals surface area contributed by atoms with E-state index in [9.17, 15) is 4.79 Å². The molecular formula is C10H16N2O2S2. The highest BCUT2D eigenvalue weighted by Crippen LogP contribution is 2.17. The molecule has 0 aromatic carbocycles. The molecule has 0 saturated carbocycles. The van der Waals surface area contributed by atoms with Gasteiger partial charge in [0.1, 0.15) is 11.0 Å². The molecule has 6 heteroatoms. The van der Waals surface area contributed by atoms with Crippen LogP contribution in [-0.2, 0) is 15.3 Å². The van der Waals surface area contributed by atoms with E-state index in [2.05, 4.69) is 9.72 Å². The fraction of sp³-hybridized carbons (Fsp3) is 0.600. The number of carbonyl (C=O) groups is 1. The molecule has 0 amide bonds. The third kappa shape index (κ3) is 4.51. The van der Waals surface area contributed by atoms with Crippen LogP contribution in [0.25, 0.3) is 0 Å². The van der Waals surface area contributed by atoms with Gasteiger partial charge in [0.2, 0.25) is 0 Å². The van der Waals surface area contributed by atoms with Crippen LogP contribution in [0.2, 0.25) is 0 Å². The second kappa shape index (κ2) is 6.88. The van der Waals surface area contributed by atoms with Gasteiger partial charge in [-0.3, -0.25) is 4.79 Å². The molecule has 0 radical (unpaired) electrons. The van der Waals surface area contributed by atoms with Crippen molar-refractivity contribution in [1.29, 1.82) is 0 Å². The molecule has 90 valence electrons. The second-order valence-corrected chi connectivity index (χ2v) is 5.40. The highest BCUT2D eigenvalue weighted by molar-refractivity contribution is 7.98. The largest absolute Gasteiger partial charge is 0.468 e. The lowest BCUT2D eigenvalue weighted by atomic mass is 10.2. The van der Waals surface area contributed by atoms with E-state index in [4.69, 9.17) is 5.73 Å². The SMILES string of the molecule is COC(=O)C(N)CCSCc1nc(C)cs1. The Kier molecular flexibility index (Phi) is 5.79. The van der Waals surface area contributed by atoms with Crippen molar-refractivity contribution in [3.05, 3.63) is 16.1 Å². The van der Waals surface area contributed by atoms with Crippen LogP contribution < -0.4 is 5.73 Å². The summed E-state index contributed by atoms with van der Waals surface area (Å²) in [6, 6.07) is -0.504. The molecule has 0 aliphatic heterocycles. The maximum Gasteiger partial charge on any atom is 0.322 e. The van der Waals surface area contributed by atoms with Gasteiger partial charge in [-0.1, -0.05) is 0 Å². The number of esters is 1. The summed E-state index contributed by atoms with van der Waals surface area (Å²) in [6.07, 6.45) is 0.641. The Hall–Kier alpha value is -0.590. The van der Waals surface area contributed by atoms with E-state index >= 15 is 0 Å². The van der Waals surface area contributed by atoms with Gasteiger partial charge in [-0.2, -0.15) is 11.8 Å². The summed E-state index contributed by atoms with van der Waals surface area (Å²) in [5, 5.41) is 3.16. The summed E-state index contributed by atoms with van der Waals surface area (Å²) in [5.41, 5.74) is 6.67. The van der Waals surface area contributed by atoms with Crippen LogP contribution in [-0.4, -0.2) is 29.9 Å². The molecule has 0 aliphatic carbocycles. The third-order valence-electron chi connectivity index (χ3n) is 1.97. The molecule has 1 aromatic rings. The number of hydrogen-bond donors (Lipinski definition) is 1. The van der Waals surface area contributed by atoms with Crippen LogP contribution in [0.15, 0.2) is 5.38 Å². The molecule has 2 N–H and O–H groups in total. The second-order valence-electron chi connectivity index (χ2n) is 3.35. The first-order valence-electron chi connectivity index (χ1n) is 4.95. The Balaban J connectivity index is 2.14. The molecule has 0 saturated heterocycles. The number of aryl methyl sites for hydroxylation is 1. The average molecular weight is 260 g/mol. The molecule has 1 heterocycles. The summed E-state index contributed by atoms with van der Waals surface area (Å²) in [4.78, 5) is 15.4. The van der Waals surface area contributed by atoms with Gasteiger partial charge in [-0.25, -0.2) is 4.98 Å². The lowest BCUT2D eigenvalue weighted by molar-refractivity contribution is -0.142. The molecule has 1 aromatic heterocycles. The predicted molar refractivity (Wildman–Crippen MR) is 67.6 cm³/mol. The van der Waals surface area contributed by atoms with Crippen LogP contribution in [0.4, 0.5) is 0 Å². The fourth-order valence-corrected chi connectivity index (χ4v) is 2.99. The Morgan fingerprint density at radius 1 is 1.75 bits per heavy atom. The number of nitrogens with two attached hydrogens (primary N) is 1. The molecular weight excluding hydrogens is 244 g/mol. The minimum atomic E-state index is -0.504. The predicted octanol–water partition coefficient (Wildman–Crippen LogP) is 1.58. The van der Waals surface area contributed by atoms with Gasteiger partial charge in [0.05, 0.1) is 7.11 Å². The maximum absolute atomic E-state index is 11.0. The summed E-state index contributed by atoms with van der Waals surface area (Å²) in [5.74, 6) is 1.38. The summed E-state index contributed by atoms with van der Waals surface area (Å²) in [7, 11) is 1.35. The molecule has 1 atom stereocenters. The van der Waals surface area contributed by atoms with E-state index in [0.717, 1.165) is 22.2 Å². The summed E-state index contributed by atoms with van der Waals surface area (Å²) >= 11 is 3.40. The highest BCUT2D eigenvalue weighted by atomic mass is 32.2. The monoisotopic (exact) mass is 260 g/mol. The molecule has 1 unspecified atom stereocenters. The first kappa shape index (κ1) is 13.5. The van der Waals surface area contributed by atoms with E-state index in [-0.39, 0.29) is 5.97 Å². The Bertz CT molecular complexity index is 341. The van der Waals surface area contributed by atoms with Gasteiger partial charge in [0, 0.05) is 16.8 Å². The normalized spacial score (nSPS) is 12.4. The third-order valence-corrected chi connectivity index (χ3v) is 4.12. The van der Waals surface area contributed by atoms with Crippen LogP contribution in [0.5, 0.6) is 0 Å². The van der Waals surface area contributed by atoms with Crippen molar-refractivity contribution in [3.63, 3.8) is 0 Å². The van der Waals surface area contributed by atoms with Gasteiger partial charge in [0.25, 0.3) is 0 Å². The number of carbonyl (C=O) groups excluding carboxylic acids is 1. The topological polar surface area (TPSA) is 65.2 Å². The van der Waals surface area contributed by atoms with Crippen LogP contribution >= 0.6 is 23.1 Å². The Morgan fingerprint density at radius 3 is 3.06 bits per heavy atom. The number of rotatable bonds is 6. The minimum Gasteiger partial charge on any atom is -0.468 e. The van der Waals surface area contributed by atoms with E-state index in [1.807, 2.05) is 12.3 Å². The van der Waals surface area contributed by atoms with Crippen molar-refractivity contribution in [2.45, 2.75) is 25.1 Å². The lowest BCUT2D eigenvalue weighted by Crippen LogP contribution is -2.31. The van der Waals surface area contributed by atoms with Crippen molar-refractivity contribution in [2.24, 2.45) is 5.73 Å². The number of thiazole rings is 1. The van der Waals surface area contributed by atoms with Crippen molar-refractivity contribution >= 4 is 29.1 Å². The van der Waals surface area contributed by atoms with Crippen molar-refractivity contribution in [1.82, 2.24) is 4.98 Å². The molecule has 0 aliphatic rings. The zero-order valence-electron chi connectivity index (χ0n) is 9.43. The van der Waals surface area contributed by atoms with Crippen LogP contribution in [0, 0.1) is 6.92 Å². The molecule has 4 nitrogen and oxygen atoms in total. The van der Waals surface area contributed by atoms with Gasteiger partial charge < -0.3 is 10.5 Å². The van der Waals surface area contributed by atoms with Crippen LogP contribution in [0.3, 0.4) is 0 Å². The summed E-state index contributed by atoms with van der Waals surface area (Å²) in [6.45, 7) is 1.98.